The second-order valence-corrected chi connectivity index (χ2v) is 3.75. The number of rotatable bonds is 2. The molecule has 17 heavy (non-hydrogen) atoms. The van der Waals surface area contributed by atoms with Gasteiger partial charge in [-0.25, -0.2) is 4.39 Å². The van der Waals surface area contributed by atoms with E-state index in [1.807, 2.05) is 0 Å². The lowest BCUT2D eigenvalue weighted by Gasteiger charge is -2.02. The van der Waals surface area contributed by atoms with Crippen molar-refractivity contribution in [2.75, 3.05) is 5.32 Å². The van der Waals surface area contributed by atoms with Crippen molar-refractivity contribution < 1.29 is 13.7 Å². The molecule has 1 aromatic carbocycles. The zero-order valence-electron chi connectivity index (χ0n) is 9.45. The molecular weight excluding hydrogens is 223 g/mol. The highest BCUT2D eigenvalue weighted by Gasteiger charge is 2.10. The van der Waals surface area contributed by atoms with Crippen molar-refractivity contribution in [3.05, 3.63) is 46.9 Å². The van der Waals surface area contributed by atoms with Gasteiger partial charge in [-0.05, 0) is 37.6 Å². The Bertz CT molecular complexity index is 563. The minimum atomic E-state index is -0.357. The first-order valence-corrected chi connectivity index (χ1v) is 5.07. The van der Waals surface area contributed by atoms with Crippen LogP contribution in [0.25, 0.3) is 0 Å². The number of nitrogens with one attached hydrogen (secondary N) is 1. The van der Waals surface area contributed by atoms with E-state index in [0.717, 1.165) is 0 Å². The quantitative estimate of drug-likeness (QED) is 0.869. The van der Waals surface area contributed by atoms with Crippen LogP contribution in [-0.4, -0.2) is 11.1 Å². The van der Waals surface area contributed by atoms with Crippen molar-refractivity contribution in [2.45, 2.75) is 13.8 Å². The van der Waals surface area contributed by atoms with Gasteiger partial charge in [0.1, 0.15) is 5.82 Å². The molecule has 2 rings (SSSR count). The lowest BCUT2D eigenvalue weighted by molar-refractivity contribution is 0.102. The van der Waals surface area contributed by atoms with E-state index in [0.29, 0.717) is 16.8 Å². The molecule has 2 aromatic rings. The summed E-state index contributed by atoms with van der Waals surface area (Å²) in [5.41, 5.74) is 1.47. The van der Waals surface area contributed by atoms with Gasteiger partial charge in [-0.1, -0.05) is 5.16 Å². The maximum absolute atomic E-state index is 13.0. The molecule has 0 radical (unpaired) electrons. The first-order valence-electron chi connectivity index (χ1n) is 5.07. The summed E-state index contributed by atoms with van der Waals surface area (Å²) >= 11 is 0. The third-order valence-corrected chi connectivity index (χ3v) is 2.28. The highest BCUT2D eigenvalue weighted by atomic mass is 19.1. The summed E-state index contributed by atoms with van der Waals surface area (Å²) in [7, 11) is 0. The third kappa shape index (κ3) is 2.50. The second kappa shape index (κ2) is 4.37. The summed E-state index contributed by atoms with van der Waals surface area (Å²) in [5.74, 6) is -0.421. The van der Waals surface area contributed by atoms with Crippen LogP contribution in [0, 0.1) is 19.7 Å². The Balaban J connectivity index is 2.17. The fraction of sp³-hybridized carbons (Fsp3) is 0.167. The first kappa shape index (κ1) is 11.3. The van der Waals surface area contributed by atoms with Crippen molar-refractivity contribution >= 4 is 11.8 Å². The Kier molecular flexibility index (Phi) is 2.91. The normalized spacial score (nSPS) is 10.3. The predicted octanol–water partition coefficient (Wildman–Crippen LogP) is 2.68. The van der Waals surface area contributed by atoms with E-state index < -0.39 is 0 Å². The molecule has 88 valence electrons. The van der Waals surface area contributed by atoms with Crippen LogP contribution >= 0.6 is 0 Å². The Labute approximate surface area is 97.4 Å². The van der Waals surface area contributed by atoms with Crippen LogP contribution in [0.15, 0.2) is 28.8 Å². The van der Waals surface area contributed by atoms with Crippen LogP contribution in [0.1, 0.15) is 21.6 Å². The monoisotopic (exact) mass is 234 g/mol. The largest absolute Gasteiger partial charge is 0.338 e. The number of hydrogen-bond acceptors (Lipinski definition) is 3. The van der Waals surface area contributed by atoms with Gasteiger partial charge in [-0.15, -0.1) is 0 Å². The molecule has 1 aromatic heterocycles. The fourth-order valence-electron chi connectivity index (χ4n) is 1.39. The minimum absolute atomic E-state index is 0.273. The van der Waals surface area contributed by atoms with Crippen molar-refractivity contribution in [2.24, 2.45) is 0 Å². The topological polar surface area (TPSA) is 55.1 Å². The summed E-state index contributed by atoms with van der Waals surface area (Å²) in [6.07, 6.45) is 0. The molecule has 0 atom stereocenters. The molecule has 5 heteroatoms. The van der Waals surface area contributed by atoms with E-state index in [2.05, 4.69) is 10.5 Å². The van der Waals surface area contributed by atoms with Crippen LogP contribution in [0.3, 0.4) is 0 Å². The molecule has 0 unspecified atom stereocenters. The number of aromatic nitrogens is 1. The molecule has 1 heterocycles. The van der Waals surface area contributed by atoms with Gasteiger partial charge in [-0.3, -0.25) is 10.1 Å². The van der Waals surface area contributed by atoms with Crippen LogP contribution in [-0.2, 0) is 0 Å². The molecule has 0 aliphatic rings. The molecule has 0 spiro atoms. The minimum Gasteiger partial charge on any atom is -0.338 e. The van der Waals surface area contributed by atoms with Gasteiger partial charge >= 0.3 is 0 Å². The average Bonchev–Trinajstić information content (AvgIpc) is 2.68. The summed E-state index contributed by atoms with van der Waals surface area (Å²) < 4.78 is 17.9. The Morgan fingerprint density at radius 1 is 1.35 bits per heavy atom. The highest BCUT2D eigenvalue weighted by molar-refractivity contribution is 6.03. The van der Waals surface area contributed by atoms with E-state index in [1.165, 1.54) is 18.2 Å². The average molecular weight is 234 g/mol. The molecule has 0 saturated carbocycles. The number of carbonyl (C=O) groups is 1. The summed E-state index contributed by atoms with van der Waals surface area (Å²) in [4.78, 5) is 11.8. The van der Waals surface area contributed by atoms with Gasteiger partial charge < -0.3 is 4.52 Å². The van der Waals surface area contributed by atoms with E-state index in [4.69, 9.17) is 4.52 Å². The zero-order chi connectivity index (χ0) is 12.4. The lowest BCUT2D eigenvalue weighted by Crippen LogP contribution is -2.11. The number of amides is 1. The number of aryl methyl sites for hydroxylation is 2. The van der Waals surface area contributed by atoms with Crippen molar-refractivity contribution in [3.63, 3.8) is 0 Å². The Hall–Kier alpha value is -2.17. The van der Waals surface area contributed by atoms with Gasteiger partial charge in [0.15, 0.2) is 0 Å². The first-order chi connectivity index (χ1) is 8.06. The fourth-order valence-corrected chi connectivity index (χ4v) is 1.39. The molecule has 4 nitrogen and oxygen atoms in total. The van der Waals surface area contributed by atoms with Crippen LogP contribution in [0.4, 0.5) is 10.3 Å². The Morgan fingerprint density at radius 3 is 2.71 bits per heavy atom. The van der Waals surface area contributed by atoms with E-state index in [-0.39, 0.29) is 17.6 Å². The van der Waals surface area contributed by atoms with E-state index in [9.17, 15) is 9.18 Å². The second-order valence-electron chi connectivity index (χ2n) is 3.75. The standard InChI is InChI=1S/C12H11FN2O2/c1-7-5-9(3-4-10(7)13)12(16)14-11-6-8(2)15-17-11/h3-6H,1-2H3,(H,14,16). The number of hydrogen-bond donors (Lipinski definition) is 1. The molecular formula is C12H11FN2O2. The highest BCUT2D eigenvalue weighted by Crippen LogP contribution is 2.13. The maximum Gasteiger partial charge on any atom is 0.258 e. The van der Waals surface area contributed by atoms with Crippen LogP contribution in [0.2, 0.25) is 0 Å². The number of anilines is 1. The van der Waals surface area contributed by atoms with Gasteiger partial charge in [0.25, 0.3) is 5.91 Å². The maximum atomic E-state index is 13.0. The SMILES string of the molecule is Cc1cc(NC(=O)c2ccc(F)c(C)c2)on1. The predicted molar refractivity (Wildman–Crippen MR) is 60.3 cm³/mol. The Morgan fingerprint density at radius 2 is 2.12 bits per heavy atom. The molecule has 1 N–H and O–H groups in total. The van der Waals surface area contributed by atoms with Crippen molar-refractivity contribution in [3.8, 4) is 0 Å². The summed E-state index contributed by atoms with van der Waals surface area (Å²) in [6.45, 7) is 3.35. The van der Waals surface area contributed by atoms with Gasteiger partial charge in [0.05, 0.1) is 5.69 Å². The molecule has 0 bridgehead atoms. The van der Waals surface area contributed by atoms with Crippen LogP contribution in [0.5, 0.6) is 0 Å². The summed E-state index contributed by atoms with van der Waals surface area (Å²) in [6, 6.07) is 5.76. The molecule has 0 aliphatic heterocycles. The zero-order valence-corrected chi connectivity index (χ0v) is 9.45. The lowest BCUT2D eigenvalue weighted by atomic mass is 10.1. The molecule has 0 saturated heterocycles. The number of carbonyl (C=O) groups excluding carboxylic acids is 1. The molecule has 0 fully saturated rings. The van der Waals surface area contributed by atoms with E-state index in [1.54, 1.807) is 19.9 Å². The third-order valence-electron chi connectivity index (χ3n) is 2.28. The van der Waals surface area contributed by atoms with Crippen molar-refractivity contribution in [1.29, 1.82) is 0 Å². The summed E-state index contributed by atoms with van der Waals surface area (Å²) in [5, 5.41) is 6.18. The van der Waals surface area contributed by atoms with Gasteiger partial charge in [0.2, 0.25) is 5.88 Å². The van der Waals surface area contributed by atoms with E-state index >= 15 is 0 Å². The van der Waals surface area contributed by atoms with Gasteiger partial charge in [-0.2, -0.15) is 0 Å². The van der Waals surface area contributed by atoms with Crippen LogP contribution < -0.4 is 5.32 Å². The number of halogens is 1. The molecule has 1 amide bonds. The molecule has 0 aliphatic carbocycles. The smallest absolute Gasteiger partial charge is 0.258 e. The number of benzene rings is 1. The number of nitrogens with zero attached hydrogens (tertiary/aromatic N) is 1. The van der Waals surface area contributed by atoms with Gasteiger partial charge in [0, 0.05) is 11.6 Å². The van der Waals surface area contributed by atoms with Crippen molar-refractivity contribution in [1.82, 2.24) is 5.16 Å².